The van der Waals surface area contributed by atoms with Gasteiger partial charge in [0.1, 0.15) is 6.26 Å². The molecule has 2 aromatic rings. The molecule has 0 amide bonds. The van der Waals surface area contributed by atoms with Crippen molar-refractivity contribution in [2.45, 2.75) is 0 Å². The number of rotatable bonds is 1. The minimum absolute atomic E-state index is 0.744. The van der Waals surface area contributed by atoms with Crippen molar-refractivity contribution >= 4 is 34.1 Å². The van der Waals surface area contributed by atoms with Crippen molar-refractivity contribution in [1.82, 2.24) is 9.36 Å². The monoisotopic (exact) mass is 278 g/mol. The lowest BCUT2D eigenvalue weighted by atomic mass is 10.3. The van der Waals surface area contributed by atoms with E-state index < -0.39 is 0 Å². The maximum atomic E-state index is 4.90. The Morgan fingerprint density at radius 2 is 2.45 bits per heavy atom. The van der Waals surface area contributed by atoms with Gasteiger partial charge in [-0.2, -0.15) is 4.37 Å². The molecule has 0 radical (unpaired) electrons. The van der Waals surface area contributed by atoms with E-state index in [1.807, 2.05) is 6.07 Å². The zero-order chi connectivity index (χ0) is 7.68. The molecule has 2 aromatic heterocycles. The van der Waals surface area contributed by atoms with E-state index in [4.69, 9.17) is 4.42 Å². The Bertz CT molecular complexity index is 343. The average molecular weight is 278 g/mol. The summed E-state index contributed by atoms with van der Waals surface area (Å²) in [4.78, 5) is 4.19. The van der Waals surface area contributed by atoms with Crippen molar-refractivity contribution in [2.24, 2.45) is 0 Å². The Morgan fingerprint density at radius 1 is 1.55 bits per heavy atom. The molecule has 0 aliphatic rings. The van der Waals surface area contributed by atoms with Gasteiger partial charge in [-0.3, -0.25) is 0 Å². The number of hydrogen-bond donors (Lipinski definition) is 0. The average Bonchev–Trinajstić information content (AvgIpc) is 2.55. The molecule has 0 aliphatic heterocycles. The minimum atomic E-state index is 0.744. The number of halogens is 1. The first-order valence-corrected chi connectivity index (χ1v) is 4.73. The van der Waals surface area contributed by atoms with Crippen LogP contribution in [0, 0.1) is 3.01 Å². The van der Waals surface area contributed by atoms with Gasteiger partial charge in [0.05, 0.1) is 11.8 Å². The van der Waals surface area contributed by atoms with E-state index >= 15 is 0 Å². The normalized spacial score (nSPS) is 10.3. The van der Waals surface area contributed by atoms with Crippen LogP contribution in [-0.2, 0) is 0 Å². The third kappa shape index (κ3) is 1.43. The Hall–Kier alpha value is -0.430. The Labute approximate surface area is 80.8 Å². The maximum absolute atomic E-state index is 4.90. The molecule has 0 saturated carbocycles. The molecule has 0 N–H and O–H groups in total. The van der Waals surface area contributed by atoms with Crippen LogP contribution in [0.1, 0.15) is 0 Å². The summed E-state index contributed by atoms with van der Waals surface area (Å²) < 4.78 is 9.96. The predicted molar refractivity (Wildman–Crippen MR) is 50.3 cm³/mol. The van der Waals surface area contributed by atoms with Gasteiger partial charge in [-0.1, -0.05) is 0 Å². The third-order valence-corrected chi connectivity index (χ3v) is 2.52. The molecule has 11 heavy (non-hydrogen) atoms. The lowest BCUT2D eigenvalue weighted by Gasteiger charge is -1.81. The molecule has 0 saturated heterocycles. The number of aromatic nitrogens is 2. The van der Waals surface area contributed by atoms with Crippen LogP contribution in [0.25, 0.3) is 11.4 Å². The smallest absolute Gasteiger partial charge is 0.177 e. The van der Waals surface area contributed by atoms with Crippen LogP contribution in [0.5, 0.6) is 0 Å². The van der Waals surface area contributed by atoms with Gasteiger partial charge >= 0.3 is 0 Å². The van der Waals surface area contributed by atoms with E-state index in [1.54, 1.807) is 12.5 Å². The molecule has 56 valence electrons. The van der Waals surface area contributed by atoms with Gasteiger partial charge in [0, 0.05) is 0 Å². The highest BCUT2D eigenvalue weighted by Crippen LogP contribution is 2.18. The summed E-state index contributed by atoms with van der Waals surface area (Å²) in [5.74, 6) is 0.744. The van der Waals surface area contributed by atoms with Crippen LogP contribution in [0.2, 0.25) is 0 Å². The Balaban J connectivity index is 2.45. The summed E-state index contributed by atoms with van der Waals surface area (Å²) in [5.41, 5.74) is 0.934. The topological polar surface area (TPSA) is 38.9 Å². The fraction of sp³-hybridized carbons (Fsp3) is 0. The fourth-order valence-corrected chi connectivity index (χ4v) is 1.67. The van der Waals surface area contributed by atoms with E-state index in [0.29, 0.717) is 0 Å². The van der Waals surface area contributed by atoms with Gasteiger partial charge in [-0.25, -0.2) is 4.98 Å². The van der Waals surface area contributed by atoms with Gasteiger partial charge in [-0.05, 0) is 40.2 Å². The van der Waals surface area contributed by atoms with Crippen molar-refractivity contribution in [3.8, 4) is 11.4 Å². The Morgan fingerprint density at radius 3 is 3.00 bits per heavy atom. The fourth-order valence-electron chi connectivity index (χ4n) is 0.714. The van der Waals surface area contributed by atoms with Gasteiger partial charge in [0.2, 0.25) is 0 Å². The van der Waals surface area contributed by atoms with Crippen LogP contribution >= 0.6 is 34.1 Å². The van der Waals surface area contributed by atoms with Crippen molar-refractivity contribution in [2.75, 3.05) is 0 Å². The first-order valence-electron chi connectivity index (χ1n) is 2.88. The quantitative estimate of drug-likeness (QED) is 0.752. The number of hydrogen-bond acceptors (Lipinski definition) is 4. The van der Waals surface area contributed by atoms with Crippen molar-refractivity contribution in [1.29, 1.82) is 0 Å². The zero-order valence-corrected chi connectivity index (χ0v) is 8.29. The molecule has 3 nitrogen and oxygen atoms in total. The molecular formula is C6H3IN2OS. The van der Waals surface area contributed by atoms with Gasteiger partial charge in [-0.15, -0.1) is 0 Å². The van der Waals surface area contributed by atoms with Crippen LogP contribution in [-0.4, -0.2) is 9.36 Å². The molecule has 0 aromatic carbocycles. The van der Waals surface area contributed by atoms with Gasteiger partial charge < -0.3 is 4.42 Å². The second-order valence-electron chi connectivity index (χ2n) is 1.88. The summed E-state index contributed by atoms with van der Waals surface area (Å²) in [7, 11) is 0. The standard InChI is InChI=1S/C6H3IN2OS/c7-6-8-5(9-11-6)4-1-2-10-3-4/h1-3H. The molecule has 0 atom stereocenters. The van der Waals surface area contributed by atoms with E-state index in [2.05, 4.69) is 31.9 Å². The maximum Gasteiger partial charge on any atom is 0.177 e. The predicted octanol–water partition coefficient (Wildman–Crippen LogP) is 2.40. The lowest BCUT2D eigenvalue weighted by Crippen LogP contribution is -1.74. The molecular weight excluding hydrogens is 275 g/mol. The van der Waals surface area contributed by atoms with Gasteiger partial charge in [0.15, 0.2) is 8.84 Å². The highest BCUT2D eigenvalue weighted by atomic mass is 127. The molecule has 0 aliphatic carbocycles. The van der Waals surface area contributed by atoms with Crippen LogP contribution < -0.4 is 0 Å². The van der Waals surface area contributed by atoms with Crippen molar-refractivity contribution < 1.29 is 4.42 Å². The summed E-state index contributed by atoms with van der Waals surface area (Å²) >= 11 is 3.53. The van der Waals surface area contributed by atoms with Crippen LogP contribution in [0.4, 0.5) is 0 Å². The highest BCUT2D eigenvalue weighted by Gasteiger charge is 2.04. The largest absolute Gasteiger partial charge is 0.472 e. The Kier molecular flexibility index (Phi) is 1.91. The van der Waals surface area contributed by atoms with E-state index in [1.165, 1.54) is 11.5 Å². The second kappa shape index (κ2) is 2.90. The lowest BCUT2D eigenvalue weighted by molar-refractivity contribution is 0.568. The summed E-state index contributed by atoms with van der Waals surface area (Å²) in [6.07, 6.45) is 3.25. The zero-order valence-electron chi connectivity index (χ0n) is 5.32. The molecule has 0 fully saturated rings. The number of furan rings is 1. The van der Waals surface area contributed by atoms with E-state index in [0.717, 1.165) is 14.4 Å². The summed E-state index contributed by atoms with van der Waals surface area (Å²) in [6.45, 7) is 0. The molecule has 0 unspecified atom stereocenters. The third-order valence-electron chi connectivity index (χ3n) is 1.18. The van der Waals surface area contributed by atoms with Crippen LogP contribution in [0.3, 0.4) is 0 Å². The van der Waals surface area contributed by atoms with Crippen LogP contribution in [0.15, 0.2) is 23.0 Å². The first kappa shape index (κ1) is 7.23. The van der Waals surface area contributed by atoms with Crippen molar-refractivity contribution in [3.63, 3.8) is 0 Å². The number of nitrogens with zero attached hydrogens (tertiary/aromatic N) is 2. The minimum Gasteiger partial charge on any atom is -0.472 e. The van der Waals surface area contributed by atoms with Gasteiger partial charge in [0.25, 0.3) is 0 Å². The molecule has 0 spiro atoms. The highest BCUT2D eigenvalue weighted by molar-refractivity contribution is 14.1. The first-order chi connectivity index (χ1) is 5.36. The summed E-state index contributed by atoms with van der Waals surface area (Å²) in [6, 6.07) is 1.85. The molecule has 5 heteroatoms. The summed E-state index contributed by atoms with van der Waals surface area (Å²) in [5, 5.41) is 0. The SMILES string of the molecule is Ic1nc(-c2ccoc2)ns1. The van der Waals surface area contributed by atoms with Crippen molar-refractivity contribution in [3.05, 3.63) is 21.6 Å². The molecule has 0 bridgehead atoms. The molecule has 2 rings (SSSR count). The van der Waals surface area contributed by atoms with E-state index in [9.17, 15) is 0 Å². The molecule has 2 heterocycles. The van der Waals surface area contributed by atoms with E-state index in [-0.39, 0.29) is 0 Å². The second-order valence-corrected chi connectivity index (χ2v) is 4.39.